The van der Waals surface area contributed by atoms with Gasteiger partial charge in [0.15, 0.2) is 5.96 Å². The summed E-state index contributed by atoms with van der Waals surface area (Å²) in [5.41, 5.74) is 1.00. The van der Waals surface area contributed by atoms with Gasteiger partial charge in [0.05, 0.1) is 18.8 Å². The molecule has 1 unspecified atom stereocenters. The lowest BCUT2D eigenvalue weighted by Crippen LogP contribution is -2.52. The number of likely N-dealkylation sites (tertiary alicyclic amines) is 1. The summed E-state index contributed by atoms with van der Waals surface area (Å²) >= 11 is 0. The van der Waals surface area contributed by atoms with Gasteiger partial charge in [-0.2, -0.15) is 0 Å². The molecule has 3 heterocycles. The lowest BCUT2D eigenvalue weighted by molar-refractivity contribution is 0.142. The van der Waals surface area contributed by atoms with Gasteiger partial charge in [0, 0.05) is 65.0 Å². The standard InChI is InChI=1S/C19H34N6O2/c1-3-20-19(21-15-18-5-4-7-24(18)12-14-26-2)25-10-8-23(9-11-25)16-17-6-13-27-22-17/h6,13,18H,3-5,7-12,14-16H2,1-2H3,(H,20,21). The van der Waals surface area contributed by atoms with Gasteiger partial charge in [0.1, 0.15) is 6.26 Å². The van der Waals surface area contributed by atoms with Gasteiger partial charge in [0.2, 0.25) is 0 Å². The monoisotopic (exact) mass is 378 g/mol. The van der Waals surface area contributed by atoms with Crippen LogP contribution < -0.4 is 5.32 Å². The molecule has 8 heteroatoms. The van der Waals surface area contributed by atoms with E-state index >= 15 is 0 Å². The second-order valence-electron chi connectivity index (χ2n) is 7.27. The lowest BCUT2D eigenvalue weighted by Gasteiger charge is -2.36. The van der Waals surface area contributed by atoms with Crippen LogP contribution in [0.25, 0.3) is 0 Å². The third kappa shape index (κ3) is 5.92. The molecular formula is C19H34N6O2. The molecule has 0 bridgehead atoms. The number of methoxy groups -OCH3 is 1. The summed E-state index contributed by atoms with van der Waals surface area (Å²) in [5, 5.41) is 7.50. The summed E-state index contributed by atoms with van der Waals surface area (Å²) in [5.74, 6) is 1.05. The Balaban J connectivity index is 1.50. The van der Waals surface area contributed by atoms with Gasteiger partial charge in [0.25, 0.3) is 0 Å². The van der Waals surface area contributed by atoms with E-state index in [4.69, 9.17) is 14.3 Å². The zero-order valence-electron chi connectivity index (χ0n) is 16.8. The first-order chi connectivity index (χ1) is 13.3. The highest BCUT2D eigenvalue weighted by molar-refractivity contribution is 5.80. The van der Waals surface area contributed by atoms with Gasteiger partial charge in [-0.25, -0.2) is 0 Å². The number of hydrogen-bond donors (Lipinski definition) is 1. The molecule has 2 fully saturated rings. The largest absolute Gasteiger partial charge is 0.383 e. The minimum Gasteiger partial charge on any atom is -0.383 e. The molecule has 1 N–H and O–H groups in total. The van der Waals surface area contributed by atoms with E-state index in [-0.39, 0.29) is 0 Å². The van der Waals surface area contributed by atoms with Gasteiger partial charge in [-0.1, -0.05) is 5.16 Å². The predicted octanol–water partition coefficient (Wildman–Crippen LogP) is 0.869. The third-order valence-electron chi connectivity index (χ3n) is 5.42. The lowest BCUT2D eigenvalue weighted by atomic mass is 10.2. The summed E-state index contributed by atoms with van der Waals surface area (Å²) in [4.78, 5) is 12.3. The molecule has 0 radical (unpaired) electrons. The second kappa shape index (κ2) is 10.6. The molecular weight excluding hydrogens is 344 g/mol. The Morgan fingerprint density at radius 2 is 2.19 bits per heavy atom. The quantitative estimate of drug-likeness (QED) is 0.532. The minimum atomic E-state index is 0.544. The first-order valence-corrected chi connectivity index (χ1v) is 10.2. The van der Waals surface area contributed by atoms with Gasteiger partial charge < -0.3 is 19.5 Å². The maximum atomic E-state index is 5.25. The smallest absolute Gasteiger partial charge is 0.194 e. The number of rotatable bonds is 8. The van der Waals surface area contributed by atoms with Crippen LogP contribution in [0.2, 0.25) is 0 Å². The summed E-state index contributed by atoms with van der Waals surface area (Å²) in [6, 6.07) is 2.48. The van der Waals surface area contributed by atoms with E-state index < -0.39 is 0 Å². The van der Waals surface area contributed by atoms with Gasteiger partial charge in [-0.3, -0.25) is 14.8 Å². The zero-order chi connectivity index (χ0) is 18.9. The molecule has 2 aliphatic rings. The topological polar surface area (TPSA) is 69.4 Å². The second-order valence-corrected chi connectivity index (χ2v) is 7.27. The number of aromatic nitrogens is 1. The highest BCUT2D eigenvalue weighted by Crippen LogP contribution is 2.17. The molecule has 8 nitrogen and oxygen atoms in total. The molecule has 0 aliphatic carbocycles. The Morgan fingerprint density at radius 1 is 1.33 bits per heavy atom. The highest BCUT2D eigenvalue weighted by Gasteiger charge is 2.25. The molecule has 1 atom stereocenters. The number of hydrogen-bond acceptors (Lipinski definition) is 6. The number of nitrogens with one attached hydrogen (secondary N) is 1. The number of ether oxygens (including phenoxy) is 1. The van der Waals surface area contributed by atoms with Crippen molar-refractivity contribution in [2.45, 2.75) is 32.4 Å². The molecule has 2 aliphatic heterocycles. The molecule has 0 amide bonds. The molecule has 2 saturated heterocycles. The van der Waals surface area contributed by atoms with E-state index in [0.717, 1.165) is 70.6 Å². The molecule has 0 aromatic carbocycles. The van der Waals surface area contributed by atoms with Crippen LogP contribution >= 0.6 is 0 Å². The van der Waals surface area contributed by atoms with Crippen LogP contribution in [0.3, 0.4) is 0 Å². The van der Waals surface area contributed by atoms with Gasteiger partial charge >= 0.3 is 0 Å². The maximum absolute atomic E-state index is 5.25. The number of guanidine groups is 1. The van der Waals surface area contributed by atoms with Crippen LogP contribution in [-0.4, -0.2) is 97.9 Å². The van der Waals surface area contributed by atoms with Crippen LogP contribution in [0.4, 0.5) is 0 Å². The highest BCUT2D eigenvalue weighted by atomic mass is 16.5. The molecule has 0 spiro atoms. The first kappa shape index (κ1) is 20.1. The van der Waals surface area contributed by atoms with Crippen molar-refractivity contribution in [1.82, 2.24) is 25.2 Å². The molecule has 1 aromatic heterocycles. The van der Waals surface area contributed by atoms with E-state index in [1.54, 1.807) is 13.4 Å². The molecule has 27 heavy (non-hydrogen) atoms. The molecule has 0 saturated carbocycles. The summed E-state index contributed by atoms with van der Waals surface area (Å²) < 4.78 is 10.2. The van der Waals surface area contributed by atoms with Crippen molar-refractivity contribution in [2.75, 3.05) is 66.1 Å². The Morgan fingerprint density at radius 3 is 2.89 bits per heavy atom. The maximum Gasteiger partial charge on any atom is 0.194 e. The predicted molar refractivity (Wildman–Crippen MR) is 106 cm³/mol. The summed E-state index contributed by atoms with van der Waals surface area (Å²) in [6.45, 7) is 11.7. The SMILES string of the molecule is CCNC(=NCC1CCCN1CCOC)N1CCN(Cc2ccon2)CC1. The fourth-order valence-electron chi connectivity index (χ4n) is 3.89. The van der Waals surface area contributed by atoms with Crippen molar-refractivity contribution in [3.05, 3.63) is 18.0 Å². The van der Waals surface area contributed by atoms with Crippen molar-refractivity contribution >= 4 is 5.96 Å². The van der Waals surface area contributed by atoms with E-state index in [9.17, 15) is 0 Å². The Kier molecular flexibility index (Phi) is 7.92. The van der Waals surface area contributed by atoms with Crippen molar-refractivity contribution in [1.29, 1.82) is 0 Å². The number of nitrogens with zero attached hydrogens (tertiary/aromatic N) is 5. The van der Waals surface area contributed by atoms with Crippen molar-refractivity contribution in [3.8, 4) is 0 Å². The van der Waals surface area contributed by atoms with E-state index in [1.165, 1.54) is 19.4 Å². The van der Waals surface area contributed by atoms with E-state index in [2.05, 4.69) is 32.1 Å². The van der Waals surface area contributed by atoms with E-state index in [1.807, 2.05) is 6.07 Å². The summed E-state index contributed by atoms with van der Waals surface area (Å²) in [7, 11) is 1.77. The third-order valence-corrected chi connectivity index (χ3v) is 5.42. The average molecular weight is 379 g/mol. The van der Waals surface area contributed by atoms with Crippen LogP contribution in [0.15, 0.2) is 21.8 Å². The Hall–Kier alpha value is -1.64. The number of piperazine rings is 1. The fourth-order valence-corrected chi connectivity index (χ4v) is 3.89. The van der Waals surface area contributed by atoms with Gasteiger partial charge in [-0.15, -0.1) is 0 Å². The van der Waals surface area contributed by atoms with Crippen molar-refractivity contribution in [2.24, 2.45) is 4.99 Å². The Labute approximate surface area is 162 Å². The first-order valence-electron chi connectivity index (χ1n) is 10.2. The summed E-state index contributed by atoms with van der Waals surface area (Å²) in [6.07, 6.45) is 4.14. The van der Waals surface area contributed by atoms with E-state index in [0.29, 0.717) is 6.04 Å². The minimum absolute atomic E-state index is 0.544. The zero-order valence-corrected chi connectivity index (χ0v) is 16.8. The van der Waals surface area contributed by atoms with Crippen LogP contribution in [0.5, 0.6) is 0 Å². The van der Waals surface area contributed by atoms with Crippen LogP contribution in [-0.2, 0) is 11.3 Å². The van der Waals surface area contributed by atoms with Gasteiger partial charge in [-0.05, 0) is 26.3 Å². The average Bonchev–Trinajstić information content (AvgIpc) is 3.36. The molecule has 3 rings (SSSR count). The fraction of sp³-hybridized carbons (Fsp3) is 0.789. The van der Waals surface area contributed by atoms with Crippen LogP contribution in [0, 0.1) is 0 Å². The molecule has 152 valence electrons. The van der Waals surface area contributed by atoms with Crippen LogP contribution in [0.1, 0.15) is 25.5 Å². The normalized spacial score (nSPS) is 22.5. The van der Waals surface area contributed by atoms with Crippen molar-refractivity contribution < 1.29 is 9.26 Å². The van der Waals surface area contributed by atoms with Crippen molar-refractivity contribution in [3.63, 3.8) is 0 Å². The Bertz CT molecular complexity index is 557. The molecule has 1 aromatic rings. The number of aliphatic imine (C=N–C) groups is 1.